The van der Waals surface area contributed by atoms with Gasteiger partial charge in [0, 0.05) is 25.0 Å². The van der Waals surface area contributed by atoms with Gasteiger partial charge in [-0.2, -0.15) is 0 Å². The molecule has 3 heteroatoms. The maximum absolute atomic E-state index is 10.7. The molecule has 0 unspecified atom stereocenters. The van der Waals surface area contributed by atoms with Crippen molar-refractivity contribution in [1.29, 1.82) is 0 Å². The average molecular weight is 195 g/mol. The normalized spacial score (nSPS) is 8.55. The van der Waals surface area contributed by atoms with Gasteiger partial charge >= 0.3 is 5.97 Å². The second-order valence-corrected chi connectivity index (χ2v) is 2.26. The van der Waals surface area contributed by atoms with Crippen LogP contribution < -0.4 is 0 Å². The van der Waals surface area contributed by atoms with E-state index in [1.807, 2.05) is 6.92 Å². The van der Waals surface area contributed by atoms with E-state index < -0.39 is 0 Å². The third-order valence-corrected chi connectivity index (χ3v) is 1.29. The number of rotatable bonds is 5. The van der Waals surface area contributed by atoms with Gasteiger partial charge in [0.2, 0.25) is 0 Å². The van der Waals surface area contributed by atoms with Crippen LogP contribution in [0.2, 0.25) is 0 Å². The van der Waals surface area contributed by atoms with E-state index in [2.05, 4.69) is 6.92 Å². The van der Waals surface area contributed by atoms with Crippen LogP contribution >= 0.6 is 0 Å². The van der Waals surface area contributed by atoms with E-state index in [1.54, 1.807) is 0 Å². The molecule has 0 aromatic heterocycles. The summed E-state index contributed by atoms with van der Waals surface area (Å²) in [6.07, 6.45) is 3.83. The van der Waals surface area contributed by atoms with Gasteiger partial charge in [0.1, 0.15) is 0 Å². The van der Waals surface area contributed by atoms with Gasteiger partial charge in [0.15, 0.2) is 0 Å². The van der Waals surface area contributed by atoms with E-state index in [4.69, 9.17) is 4.74 Å². The van der Waals surface area contributed by atoms with E-state index in [0.717, 1.165) is 19.3 Å². The van der Waals surface area contributed by atoms with Crippen LogP contribution in [-0.4, -0.2) is 12.6 Å². The molecule has 1 radical (unpaired) electrons. The van der Waals surface area contributed by atoms with Crippen molar-refractivity contribution in [2.45, 2.75) is 39.5 Å². The van der Waals surface area contributed by atoms with Crippen molar-refractivity contribution in [3.05, 3.63) is 0 Å². The maximum Gasteiger partial charge on any atom is 0.305 e. The van der Waals surface area contributed by atoms with Crippen LogP contribution in [0.25, 0.3) is 0 Å². The minimum atomic E-state index is -0.0593. The maximum atomic E-state index is 10.7. The van der Waals surface area contributed by atoms with Crippen LogP contribution in [0.3, 0.4) is 0 Å². The van der Waals surface area contributed by atoms with Crippen molar-refractivity contribution < 1.29 is 28.1 Å². The molecule has 0 aliphatic heterocycles. The van der Waals surface area contributed by atoms with Gasteiger partial charge < -0.3 is 4.74 Å². The van der Waals surface area contributed by atoms with Gasteiger partial charge in [0.05, 0.1) is 6.61 Å². The third-order valence-electron chi connectivity index (χ3n) is 1.29. The Labute approximate surface area is 80.6 Å². The second-order valence-electron chi connectivity index (χ2n) is 2.26. The number of esters is 1. The molecular formula is C8H16O2V. The Hall–Kier alpha value is 0.0544. The van der Waals surface area contributed by atoms with Gasteiger partial charge in [0.25, 0.3) is 0 Å². The standard InChI is InChI=1S/C8H16O2.V/c1-3-5-6-7-8(9)10-4-2;/h3-7H2,1-2H3;. The number of unbranched alkanes of at least 4 members (excludes halogenated alkanes) is 2. The molecular weight excluding hydrogens is 179 g/mol. The Morgan fingerprint density at radius 3 is 2.36 bits per heavy atom. The van der Waals surface area contributed by atoms with Gasteiger partial charge in [-0.15, -0.1) is 0 Å². The molecule has 0 aromatic rings. The molecule has 0 amide bonds. The number of hydrogen-bond donors (Lipinski definition) is 0. The minimum absolute atomic E-state index is 0. The molecule has 0 atom stereocenters. The molecule has 0 aliphatic rings. The van der Waals surface area contributed by atoms with Gasteiger partial charge in [-0.25, -0.2) is 0 Å². The predicted molar refractivity (Wildman–Crippen MR) is 40.8 cm³/mol. The molecule has 11 heavy (non-hydrogen) atoms. The molecule has 0 heterocycles. The summed E-state index contributed by atoms with van der Waals surface area (Å²) in [4.78, 5) is 10.7. The topological polar surface area (TPSA) is 26.3 Å². The summed E-state index contributed by atoms with van der Waals surface area (Å²) in [6.45, 7) is 4.45. The first kappa shape index (κ1) is 13.6. The number of carbonyl (C=O) groups is 1. The van der Waals surface area contributed by atoms with Crippen LogP contribution in [0.5, 0.6) is 0 Å². The Bertz CT molecular complexity index is 94.1. The van der Waals surface area contributed by atoms with E-state index in [1.165, 1.54) is 0 Å². The Balaban J connectivity index is 0. The van der Waals surface area contributed by atoms with Crippen molar-refractivity contribution in [3.8, 4) is 0 Å². The number of carbonyl (C=O) groups excluding carboxylic acids is 1. The molecule has 0 rings (SSSR count). The van der Waals surface area contributed by atoms with E-state index in [0.29, 0.717) is 13.0 Å². The monoisotopic (exact) mass is 195 g/mol. The smallest absolute Gasteiger partial charge is 0.305 e. The van der Waals surface area contributed by atoms with Crippen LogP contribution in [-0.2, 0) is 28.1 Å². The molecule has 0 bridgehead atoms. The van der Waals surface area contributed by atoms with Crippen LogP contribution in [0.4, 0.5) is 0 Å². The summed E-state index contributed by atoms with van der Waals surface area (Å²) in [5.41, 5.74) is 0. The zero-order chi connectivity index (χ0) is 7.82. The molecule has 65 valence electrons. The fourth-order valence-electron chi connectivity index (χ4n) is 0.752. The molecule has 0 saturated carbocycles. The molecule has 0 N–H and O–H groups in total. The van der Waals surface area contributed by atoms with Crippen molar-refractivity contribution in [2.75, 3.05) is 6.61 Å². The second kappa shape index (κ2) is 10.1. The zero-order valence-electron chi connectivity index (χ0n) is 7.30. The number of hydrogen-bond acceptors (Lipinski definition) is 2. The SMILES string of the molecule is CCCCCC(=O)OCC.[V]. The first-order valence-electron chi connectivity index (χ1n) is 3.96. The first-order valence-corrected chi connectivity index (χ1v) is 3.96. The number of ether oxygens (including phenoxy) is 1. The van der Waals surface area contributed by atoms with E-state index in [9.17, 15) is 4.79 Å². The van der Waals surface area contributed by atoms with Crippen LogP contribution in [0, 0.1) is 0 Å². The average Bonchev–Trinajstić information content (AvgIpc) is 1.89. The molecule has 2 nitrogen and oxygen atoms in total. The Morgan fingerprint density at radius 2 is 1.91 bits per heavy atom. The van der Waals surface area contributed by atoms with Gasteiger partial charge in [-0.05, 0) is 13.3 Å². The van der Waals surface area contributed by atoms with E-state index in [-0.39, 0.29) is 24.5 Å². The molecule has 0 aromatic carbocycles. The summed E-state index contributed by atoms with van der Waals surface area (Å²) in [5, 5.41) is 0. The molecule has 0 saturated heterocycles. The summed E-state index contributed by atoms with van der Waals surface area (Å²) in [6, 6.07) is 0. The Morgan fingerprint density at radius 1 is 1.27 bits per heavy atom. The summed E-state index contributed by atoms with van der Waals surface area (Å²) < 4.78 is 4.75. The van der Waals surface area contributed by atoms with Crippen molar-refractivity contribution in [3.63, 3.8) is 0 Å². The van der Waals surface area contributed by atoms with Crippen molar-refractivity contribution in [2.24, 2.45) is 0 Å². The van der Waals surface area contributed by atoms with Crippen LogP contribution in [0.1, 0.15) is 39.5 Å². The van der Waals surface area contributed by atoms with Gasteiger partial charge in [-0.1, -0.05) is 19.8 Å². The fraction of sp³-hybridized carbons (Fsp3) is 0.875. The van der Waals surface area contributed by atoms with Crippen molar-refractivity contribution >= 4 is 5.97 Å². The zero-order valence-corrected chi connectivity index (χ0v) is 8.70. The molecule has 0 aliphatic carbocycles. The minimum Gasteiger partial charge on any atom is -0.466 e. The largest absolute Gasteiger partial charge is 0.466 e. The molecule has 0 spiro atoms. The summed E-state index contributed by atoms with van der Waals surface area (Å²) in [7, 11) is 0. The van der Waals surface area contributed by atoms with Crippen LogP contribution in [0.15, 0.2) is 0 Å². The van der Waals surface area contributed by atoms with Crippen molar-refractivity contribution in [1.82, 2.24) is 0 Å². The summed E-state index contributed by atoms with van der Waals surface area (Å²) in [5.74, 6) is -0.0593. The fourth-order valence-corrected chi connectivity index (χ4v) is 0.752. The third kappa shape index (κ3) is 10.1. The van der Waals surface area contributed by atoms with Gasteiger partial charge in [-0.3, -0.25) is 4.79 Å². The molecule has 0 fully saturated rings. The first-order chi connectivity index (χ1) is 4.81. The van der Waals surface area contributed by atoms with E-state index >= 15 is 0 Å². The Kier molecular flexibility index (Phi) is 12.5. The quantitative estimate of drug-likeness (QED) is 0.496. The summed E-state index contributed by atoms with van der Waals surface area (Å²) >= 11 is 0. The predicted octanol–water partition coefficient (Wildman–Crippen LogP) is 2.13.